The smallest absolute Gasteiger partial charge is 0.422 e. The van der Waals surface area contributed by atoms with E-state index in [9.17, 15) is 26.9 Å². The topological polar surface area (TPSA) is 70.4 Å². The normalized spacial score (nSPS) is 21.4. The van der Waals surface area contributed by atoms with Gasteiger partial charge in [0.15, 0.2) is 16.4 Å². The molecule has 0 radical (unpaired) electrons. The molecule has 24 heavy (non-hydrogen) atoms. The molecule has 0 aromatic carbocycles. The maximum absolute atomic E-state index is 12.4. The molecule has 0 aromatic heterocycles. The van der Waals surface area contributed by atoms with Crippen LogP contribution in [0.1, 0.15) is 19.8 Å². The lowest BCUT2D eigenvalue weighted by molar-refractivity contribution is -0.164. The van der Waals surface area contributed by atoms with Crippen molar-refractivity contribution in [2.75, 3.05) is 25.2 Å². The Bertz CT molecular complexity index is 702. The van der Waals surface area contributed by atoms with Crippen molar-refractivity contribution in [1.82, 2.24) is 4.90 Å². The number of ether oxygens (including phenoxy) is 1. The molecular formula is C15H19F3N2O3S. The van der Waals surface area contributed by atoms with E-state index in [-0.39, 0.29) is 24.0 Å². The summed E-state index contributed by atoms with van der Waals surface area (Å²) in [6.45, 7) is 0.245. The molecular weight excluding hydrogens is 345 g/mol. The second kappa shape index (κ2) is 6.31. The van der Waals surface area contributed by atoms with E-state index in [1.54, 1.807) is 11.1 Å². The molecule has 1 unspecified atom stereocenters. The van der Waals surface area contributed by atoms with Crippen molar-refractivity contribution < 1.29 is 26.3 Å². The minimum Gasteiger partial charge on any atom is -0.484 e. The molecule has 1 saturated carbocycles. The number of rotatable bonds is 6. The van der Waals surface area contributed by atoms with Crippen LogP contribution >= 0.6 is 0 Å². The van der Waals surface area contributed by atoms with E-state index in [1.807, 2.05) is 6.07 Å². The number of hydrogen-bond donors (Lipinski definition) is 0. The highest BCUT2D eigenvalue weighted by atomic mass is 32.2. The molecule has 0 N–H and O–H groups in total. The zero-order valence-corrected chi connectivity index (χ0v) is 14.2. The Morgan fingerprint density at radius 1 is 1.42 bits per heavy atom. The fraction of sp³-hybridized carbons (Fsp3) is 0.667. The van der Waals surface area contributed by atoms with Gasteiger partial charge in [-0.1, -0.05) is 0 Å². The lowest BCUT2D eigenvalue weighted by atomic mass is 10.0. The molecule has 1 aliphatic carbocycles. The van der Waals surface area contributed by atoms with Gasteiger partial charge in [0.05, 0.1) is 11.8 Å². The molecule has 9 heteroatoms. The molecule has 0 bridgehead atoms. The van der Waals surface area contributed by atoms with Gasteiger partial charge in [0.25, 0.3) is 0 Å². The van der Waals surface area contributed by atoms with E-state index in [4.69, 9.17) is 4.74 Å². The Morgan fingerprint density at radius 3 is 2.50 bits per heavy atom. The number of allylic oxidation sites excluding steroid dienone is 1. The Kier molecular flexibility index (Phi) is 4.91. The minimum absolute atomic E-state index is 0.0912. The van der Waals surface area contributed by atoms with Gasteiger partial charge in [0.2, 0.25) is 0 Å². The first-order valence-corrected chi connectivity index (χ1v) is 9.47. The molecule has 1 atom stereocenters. The van der Waals surface area contributed by atoms with Crippen molar-refractivity contribution in [3.63, 3.8) is 0 Å². The fourth-order valence-corrected chi connectivity index (χ4v) is 3.87. The Labute approximate surface area is 139 Å². The third-order valence-electron chi connectivity index (χ3n) is 3.88. The first kappa shape index (κ1) is 18.6. The van der Waals surface area contributed by atoms with E-state index in [2.05, 4.69) is 0 Å². The van der Waals surface area contributed by atoms with Gasteiger partial charge >= 0.3 is 6.18 Å². The largest absolute Gasteiger partial charge is 0.484 e. The summed E-state index contributed by atoms with van der Waals surface area (Å²) in [4.78, 5) is 1.56. The first-order valence-electron chi connectivity index (χ1n) is 7.41. The maximum atomic E-state index is 12.4. The lowest BCUT2D eigenvalue weighted by Crippen LogP contribution is -2.48. The number of nitriles is 1. The molecule has 2 aliphatic rings. The third-order valence-corrected chi connectivity index (χ3v) is 4.97. The van der Waals surface area contributed by atoms with Crippen LogP contribution in [-0.2, 0) is 14.6 Å². The summed E-state index contributed by atoms with van der Waals surface area (Å²) in [5, 5.41) is 9.43. The van der Waals surface area contributed by atoms with Crippen LogP contribution in [0.3, 0.4) is 0 Å². The molecule has 0 amide bonds. The summed E-state index contributed by atoms with van der Waals surface area (Å²) in [6, 6.07) is 2.01. The average molecular weight is 364 g/mol. The van der Waals surface area contributed by atoms with Crippen molar-refractivity contribution in [2.45, 2.75) is 31.5 Å². The highest BCUT2D eigenvalue weighted by Gasteiger charge is 2.39. The summed E-state index contributed by atoms with van der Waals surface area (Å²) in [5.74, 6) is -0.100. The summed E-state index contributed by atoms with van der Waals surface area (Å²) >= 11 is 0. The highest BCUT2D eigenvalue weighted by molar-refractivity contribution is 7.90. The molecule has 134 valence electrons. The van der Waals surface area contributed by atoms with Crippen LogP contribution in [0, 0.1) is 17.2 Å². The molecule has 5 nitrogen and oxygen atoms in total. The number of nitrogens with zero attached hydrogens (tertiary/aromatic N) is 2. The van der Waals surface area contributed by atoms with Gasteiger partial charge in [-0.25, -0.2) is 8.42 Å². The predicted octanol–water partition coefficient (Wildman–Crippen LogP) is 2.39. The number of hydrogen-bond acceptors (Lipinski definition) is 5. The lowest BCUT2D eigenvalue weighted by Gasteiger charge is -2.37. The summed E-state index contributed by atoms with van der Waals surface area (Å²) < 4.78 is 65.2. The van der Waals surface area contributed by atoms with E-state index < -0.39 is 28.2 Å². The van der Waals surface area contributed by atoms with Crippen molar-refractivity contribution in [3.8, 4) is 6.07 Å². The Morgan fingerprint density at radius 2 is 2.04 bits per heavy atom. The van der Waals surface area contributed by atoms with Crippen molar-refractivity contribution in [1.29, 1.82) is 5.26 Å². The first-order chi connectivity index (χ1) is 10.9. The Balaban J connectivity index is 2.22. The van der Waals surface area contributed by atoms with Crippen molar-refractivity contribution >= 4 is 9.84 Å². The van der Waals surface area contributed by atoms with Gasteiger partial charge in [-0.2, -0.15) is 18.4 Å². The quantitative estimate of drug-likeness (QED) is 0.724. The molecule has 1 aliphatic heterocycles. The highest BCUT2D eigenvalue weighted by Crippen LogP contribution is 2.42. The van der Waals surface area contributed by atoms with Gasteiger partial charge in [0.1, 0.15) is 11.3 Å². The summed E-state index contributed by atoms with van der Waals surface area (Å²) in [6.07, 6.45) is 1.36. The molecule has 0 aromatic rings. The van der Waals surface area contributed by atoms with Gasteiger partial charge in [0, 0.05) is 24.6 Å². The summed E-state index contributed by atoms with van der Waals surface area (Å²) in [5.41, 5.74) is -0.694. The average Bonchev–Trinajstić information content (AvgIpc) is 3.26. The van der Waals surface area contributed by atoms with Gasteiger partial charge in [-0.3, -0.25) is 0 Å². The third kappa shape index (κ3) is 4.90. The molecule has 0 saturated heterocycles. The fourth-order valence-electron chi connectivity index (χ4n) is 2.62. The number of alkyl halides is 3. The molecule has 1 heterocycles. The molecule has 1 fully saturated rings. The van der Waals surface area contributed by atoms with Crippen molar-refractivity contribution in [2.24, 2.45) is 5.92 Å². The van der Waals surface area contributed by atoms with Gasteiger partial charge in [-0.05, 0) is 31.8 Å². The standard InChI is InChI=1S/C15H19F3N2O3S/c1-14(8-19,10-24(2,21)22)20-6-5-13(23-9-15(16,17)18)12(7-20)11-3-4-11/h5,7,11H,3-4,6,9-10H2,1-2H3. The Hall–Kier alpha value is -1.69. The van der Waals surface area contributed by atoms with Gasteiger partial charge in [-0.15, -0.1) is 0 Å². The van der Waals surface area contributed by atoms with Crippen LogP contribution in [0.5, 0.6) is 0 Å². The van der Waals surface area contributed by atoms with Crippen LogP contribution in [0.4, 0.5) is 13.2 Å². The monoisotopic (exact) mass is 364 g/mol. The van der Waals surface area contributed by atoms with E-state index >= 15 is 0 Å². The zero-order valence-electron chi connectivity index (χ0n) is 13.4. The SMILES string of the molecule is CC(C#N)(CS(C)(=O)=O)N1C=C(C2CC2)C(OCC(F)(F)F)=CC1. The van der Waals surface area contributed by atoms with E-state index in [1.165, 1.54) is 13.0 Å². The van der Waals surface area contributed by atoms with Crippen LogP contribution in [-0.4, -0.2) is 50.2 Å². The van der Waals surface area contributed by atoms with Crippen LogP contribution in [0.2, 0.25) is 0 Å². The van der Waals surface area contributed by atoms with Crippen LogP contribution < -0.4 is 0 Å². The summed E-state index contributed by atoms with van der Waals surface area (Å²) in [7, 11) is -3.40. The predicted molar refractivity (Wildman–Crippen MR) is 81.3 cm³/mol. The molecule has 0 spiro atoms. The molecule has 2 rings (SSSR count). The second-order valence-electron chi connectivity index (χ2n) is 6.44. The van der Waals surface area contributed by atoms with Crippen LogP contribution in [0.25, 0.3) is 0 Å². The second-order valence-corrected chi connectivity index (χ2v) is 8.58. The maximum Gasteiger partial charge on any atom is 0.422 e. The van der Waals surface area contributed by atoms with Crippen LogP contribution in [0.15, 0.2) is 23.6 Å². The number of sulfone groups is 1. The van der Waals surface area contributed by atoms with Gasteiger partial charge < -0.3 is 9.64 Å². The van der Waals surface area contributed by atoms with E-state index in [0.29, 0.717) is 5.57 Å². The minimum atomic E-state index is -4.43. The zero-order chi connectivity index (χ0) is 18.2. The van der Waals surface area contributed by atoms with E-state index in [0.717, 1.165) is 19.1 Å². The van der Waals surface area contributed by atoms with Crippen molar-refractivity contribution in [3.05, 3.63) is 23.6 Å². The number of halogens is 3.